The van der Waals surface area contributed by atoms with Gasteiger partial charge in [-0.15, -0.1) is 11.3 Å². The van der Waals surface area contributed by atoms with Crippen LogP contribution in [0.4, 0.5) is 0 Å². The molecule has 5 nitrogen and oxygen atoms in total. The Morgan fingerprint density at radius 3 is 2.65 bits per heavy atom. The van der Waals surface area contributed by atoms with Crippen molar-refractivity contribution in [2.24, 2.45) is 5.92 Å². The summed E-state index contributed by atoms with van der Waals surface area (Å²) in [5, 5.41) is 2.11. The first-order chi connectivity index (χ1) is 12.5. The van der Waals surface area contributed by atoms with E-state index >= 15 is 0 Å². The number of hydrogen-bond donors (Lipinski definition) is 0. The predicted molar refractivity (Wildman–Crippen MR) is 106 cm³/mol. The lowest BCUT2D eigenvalue weighted by Crippen LogP contribution is -2.47. The topological polar surface area (TPSA) is 43.9 Å². The molecule has 2 saturated heterocycles. The second kappa shape index (κ2) is 9.11. The number of amides is 1. The normalized spacial score (nSPS) is 22.5. The summed E-state index contributed by atoms with van der Waals surface area (Å²) >= 11 is 1.55. The summed E-state index contributed by atoms with van der Waals surface area (Å²) in [5.41, 5.74) is 1.24. The summed E-state index contributed by atoms with van der Waals surface area (Å²) < 4.78 is 0. The van der Waals surface area contributed by atoms with Gasteiger partial charge in [0.25, 0.3) is 0 Å². The van der Waals surface area contributed by atoms with Gasteiger partial charge in [0, 0.05) is 45.7 Å². The molecule has 6 heteroatoms. The van der Waals surface area contributed by atoms with Crippen LogP contribution >= 0.6 is 11.3 Å². The van der Waals surface area contributed by atoms with Crippen LogP contribution in [-0.4, -0.2) is 72.7 Å². The first-order valence-electron chi connectivity index (χ1n) is 9.78. The van der Waals surface area contributed by atoms with Gasteiger partial charge in [-0.1, -0.05) is 0 Å². The summed E-state index contributed by atoms with van der Waals surface area (Å²) in [6.45, 7) is 8.48. The summed E-state index contributed by atoms with van der Waals surface area (Å²) in [7, 11) is 2.12. The number of thiophene rings is 1. The second-order valence-electron chi connectivity index (χ2n) is 7.84. The minimum Gasteiger partial charge on any atom is -0.340 e. The Morgan fingerprint density at radius 2 is 1.96 bits per heavy atom. The molecule has 0 bridgehead atoms. The van der Waals surface area contributed by atoms with Crippen molar-refractivity contribution in [3.8, 4) is 0 Å². The zero-order valence-electron chi connectivity index (χ0n) is 16.1. The zero-order valence-corrected chi connectivity index (χ0v) is 16.9. The van der Waals surface area contributed by atoms with Crippen LogP contribution in [0.5, 0.6) is 0 Å². The number of carbonyl (C=O) groups is 2. The molecule has 2 aliphatic rings. The van der Waals surface area contributed by atoms with Gasteiger partial charge in [0.2, 0.25) is 5.91 Å². The minimum atomic E-state index is 0.153. The van der Waals surface area contributed by atoms with Gasteiger partial charge in [0.1, 0.15) is 0 Å². The third-order valence-electron chi connectivity index (χ3n) is 5.63. The molecule has 1 aromatic rings. The van der Waals surface area contributed by atoms with Gasteiger partial charge in [0.05, 0.1) is 4.88 Å². The van der Waals surface area contributed by atoms with Gasteiger partial charge in [0.15, 0.2) is 5.78 Å². The van der Waals surface area contributed by atoms with Crippen molar-refractivity contribution in [3.63, 3.8) is 0 Å². The number of hydrogen-bond acceptors (Lipinski definition) is 5. The van der Waals surface area contributed by atoms with Gasteiger partial charge < -0.3 is 9.80 Å². The molecule has 0 aliphatic carbocycles. The molecule has 0 saturated carbocycles. The largest absolute Gasteiger partial charge is 0.340 e. The molecule has 0 aromatic carbocycles. The number of likely N-dealkylation sites (N-methyl/N-ethyl adjacent to an activating group) is 1. The van der Waals surface area contributed by atoms with Crippen LogP contribution in [-0.2, 0) is 11.3 Å². The standard InChI is InChI=1S/C20H31N3O2S/c1-16(24)19-12-18(15-26-19)14-22-7-3-4-17(13-22)5-6-20(25)23-10-8-21(2)9-11-23/h12,15,17H,3-11,13-14H2,1-2H3/t17-/m1/s1. The molecule has 0 N–H and O–H groups in total. The van der Waals surface area contributed by atoms with Crippen LogP contribution in [0, 0.1) is 5.92 Å². The van der Waals surface area contributed by atoms with E-state index in [-0.39, 0.29) is 5.78 Å². The number of piperazine rings is 1. The highest BCUT2D eigenvalue weighted by molar-refractivity contribution is 7.12. The van der Waals surface area contributed by atoms with Crippen LogP contribution in [0.3, 0.4) is 0 Å². The maximum atomic E-state index is 12.4. The predicted octanol–water partition coefficient (Wildman–Crippen LogP) is 2.72. The average Bonchev–Trinajstić information content (AvgIpc) is 3.09. The van der Waals surface area contributed by atoms with E-state index in [1.807, 2.05) is 11.0 Å². The Morgan fingerprint density at radius 1 is 1.19 bits per heavy atom. The van der Waals surface area contributed by atoms with Crippen LogP contribution < -0.4 is 0 Å². The number of ketones is 1. The molecule has 1 amide bonds. The van der Waals surface area contributed by atoms with Crippen molar-refractivity contribution in [2.45, 2.75) is 39.2 Å². The fraction of sp³-hybridized carbons (Fsp3) is 0.700. The Labute approximate surface area is 161 Å². The number of piperidine rings is 1. The number of Topliss-reactive ketones (excluding diaryl/α,β-unsaturated/α-hetero) is 1. The van der Waals surface area contributed by atoms with E-state index in [2.05, 4.69) is 22.2 Å². The summed E-state index contributed by atoms with van der Waals surface area (Å²) in [5.74, 6) is 1.10. The molecular formula is C20H31N3O2S. The fourth-order valence-electron chi connectivity index (χ4n) is 3.97. The molecule has 1 aromatic heterocycles. The van der Waals surface area contributed by atoms with Gasteiger partial charge in [-0.3, -0.25) is 14.5 Å². The minimum absolute atomic E-state index is 0.153. The van der Waals surface area contributed by atoms with Gasteiger partial charge >= 0.3 is 0 Å². The van der Waals surface area contributed by atoms with Crippen LogP contribution in [0.2, 0.25) is 0 Å². The van der Waals surface area contributed by atoms with Crippen LogP contribution in [0.25, 0.3) is 0 Å². The van der Waals surface area contributed by atoms with Crippen molar-refractivity contribution in [2.75, 3.05) is 46.3 Å². The van der Waals surface area contributed by atoms with Crippen molar-refractivity contribution in [3.05, 3.63) is 21.9 Å². The molecule has 2 aliphatic heterocycles. The monoisotopic (exact) mass is 377 g/mol. The number of likely N-dealkylation sites (tertiary alicyclic amines) is 1. The first-order valence-corrected chi connectivity index (χ1v) is 10.7. The average molecular weight is 378 g/mol. The summed E-state index contributed by atoms with van der Waals surface area (Å²) in [4.78, 5) is 31.6. The third-order valence-corrected chi connectivity index (χ3v) is 6.71. The first kappa shape index (κ1) is 19.5. The van der Waals surface area contributed by atoms with Gasteiger partial charge in [-0.05, 0) is 62.7 Å². The molecule has 144 valence electrons. The highest BCUT2D eigenvalue weighted by atomic mass is 32.1. The molecule has 0 radical (unpaired) electrons. The summed E-state index contributed by atoms with van der Waals surface area (Å²) in [6, 6.07) is 2.04. The van der Waals surface area contributed by atoms with Gasteiger partial charge in [-0.2, -0.15) is 0 Å². The smallest absolute Gasteiger partial charge is 0.222 e. The molecule has 26 heavy (non-hydrogen) atoms. The third kappa shape index (κ3) is 5.38. The van der Waals surface area contributed by atoms with Gasteiger partial charge in [-0.25, -0.2) is 0 Å². The van der Waals surface area contributed by atoms with E-state index in [0.717, 1.165) is 57.1 Å². The number of nitrogens with zero attached hydrogens (tertiary/aromatic N) is 3. The zero-order chi connectivity index (χ0) is 18.5. The molecule has 3 heterocycles. The van der Waals surface area contributed by atoms with E-state index in [1.54, 1.807) is 18.3 Å². The molecule has 0 spiro atoms. The Bertz CT molecular complexity index is 622. The van der Waals surface area contributed by atoms with Crippen LogP contribution in [0.15, 0.2) is 11.4 Å². The maximum absolute atomic E-state index is 12.4. The van der Waals surface area contributed by atoms with E-state index in [4.69, 9.17) is 0 Å². The van der Waals surface area contributed by atoms with Crippen LogP contribution in [0.1, 0.15) is 47.8 Å². The van der Waals surface area contributed by atoms with Crippen molar-refractivity contribution in [1.82, 2.24) is 14.7 Å². The lowest BCUT2D eigenvalue weighted by molar-refractivity contribution is -0.133. The van der Waals surface area contributed by atoms with E-state index in [9.17, 15) is 9.59 Å². The molecular weight excluding hydrogens is 346 g/mol. The lowest BCUT2D eigenvalue weighted by Gasteiger charge is -2.34. The van der Waals surface area contributed by atoms with E-state index < -0.39 is 0 Å². The van der Waals surface area contributed by atoms with E-state index in [1.165, 1.54) is 18.4 Å². The second-order valence-corrected chi connectivity index (χ2v) is 8.75. The quantitative estimate of drug-likeness (QED) is 0.715. The van der Waals surface area contributed by atoms with Crippen molar-refractivity contribution in [1.29, 1.82) is 0 Å². The molecule has 1 atom stereocenters. The van der Waals surface area contributed by atoms with Crippen molar-refractivity contribution < 1.29 is 9.59 Å². The van der Waals surface area contributed by atoms with Crippen molar-refractivity contribution >= 4 is 23.0 Å². The fourth-order valence-corrected chi connectivity index (χ4v) is 4.78. The Hall–Kier alpha value is -1.24. The lowest BCUT2D eigenvalue weighted by atomic mass is 9.93. The highest BCUT2D eigenvalue weighted by Crippen LogP contribution is 2.24. The molecule has 2 fully saturated rings. The highest BCUT2D eigenvalue weighted by Gasteiger charge is 2.23. The maximum Gasteiger partial charge on any atom is 0.222 e. The Balaban J connectivity index is 1.43. The Kier molecular flexibility index (Phi) is 6.84. The molecule has 3 rings (SSSR count). The summed E-state index contributed by atoms with van der Waals surface area (Å²) in [6.07, 6.45) is 4.13. The number of rotatable bonds is 6. The SMILES string of the molecule is CC(=O)c1cc(CN2CCC[C@H](CCC(=O)N3CCN(C)CC3)C2)cs1. The molecule has 0 unspecified atom stereocenters. The van der Waals surface area contributed by atoms with E-state index in [0.29, 0.717) is 18.2 Å². The number of carbonyl (C=O) groups excluding carboxylic acids is 2.